The molecule has 1 N–H and O–H groups in total. The zero-order valence-corrected chi connectivity index (χ0v) is 11.7. The van der Waals surface area contributed by atoms with E-state index in [0.717, 1.165) is 0 Å². The van der Waals surface area contributed by atoms with Crippen molar-refractivity contribution in [2.75, 3.05) is 18.4 Å². The summed E-state index contributed by atoms with van der Waals surface area (Å²) >= 11 is 0. The van der Waals surface area contributed by atoms with Crippen molar-refractivity contribution in [1.29, 1.82) is 0 Å². The minimum atomic E-state index is -0.394. The van der Waals surface area contributed by atoms with Crippen LogP contribution in [0.2, 0.25) is 0 Å². The van der Waals surface area contributed by atoms with Crippen LogP contribution in [0.25, 0.3) is 0 Å². The van der Waals surface area contributed by atoms with Gasteiger partial charge in [-0.2, -0.15) is 0 Å². The molecule has 2 amide bonds. The van der Waals surface area contributed by atoms with Gasteiger partial charge in [0.2, 0.25) is 11.8 Å². The Morgan fingerprint density at radius 3 is 2.60 bits per heavy atom. The Labute approximate surface area is 118 Å². The number of hydrogen-bond donors (Lipinski definition) is 1. The summed E-state index contributed by atoms with van der Waals surface area (Å²) in [4.78, 5) is 25.8. The second-order valence-electron chi connectivity index (χ2n) is 4.96. The molecular formula is C15H19FN2O2. The normalized spacial score (nSPS) is 20.4. The molecule has 20 heavy (non-hydrogen) atoms. The number of carbonyl (C=O) groups is 2. The Kier molecular flexibility index (Phi) is 4.37. The molecule has 1 aromatic rings. The standard InChI is InChI=1S/C15H19FN2O2/c1-3-18(4-2)15(20)13-9-12(13)14(19)17-11-7-5-6-10(16)8-11/h5-8,12-13H,3-4,9H2,1-2H3,(H,17,19). The zero-order chi connectivity index (χ0) is 14.7. The van der Waals surface area contributed by atoms with Gasteiger partial charge in [-0.15, -0.1) is 0 Å². The van der Waals surface area contributed by atoms with E-state index in [2.05, 4.69) is 5.32 Å². The van der Waals surface area contributed by atoms with Gasteiger partial charge in [0, 0.05) is 18.8 Å². The van der Waals surface area contributed by atoms with Crippen LogP contribution in [0, 0.1) is 17.7 Å². The molecule has 0 aromatic heterocycles. The number of carbonyl (C=O) groups excluding carboxylic acids is 2. The molecule has 2 unspecified atom stereocenters. The molecule has 0 saturated heterocycles. The van der Waals surface area contributed by atoms with Crippen LogP contribution in [-0.2, 0) is 9.59 Å². The van der Waals surface area contributed by atoms with Crippen LogP contribution in [0.5, 0.6) is 0 Å². The molecule has 108 valence electrons. The van der Waals surface area contributed by atoms with E-state index in [0.29, 0.717) is 25.2 Å². The number of benzene rings is 1. The van der Waals surface area contributed by atoms with Crippen molar-refractivity contribution in [1.82, 2.24) is 4.90 Å². The minimum absolute atomic E-state index is 0.0365. The molecule has 0 radical (unpaired) electrons. The molecule has 1 aliphatic carbocycles. The van der Waals surface area contributed by atoms with E-state index in [1.165, 1.54) is 18.2 Å². The number of rotatable bonds is 5. The molecular weight excluding hydrogens is 259 g/mol. The van der Waals surface area contributed by atoms with Crippen LogP contribution in [-0.4, -0.2) is 29.8 Å². The van der Waals surface area contributed by atoms with Gasteiger partial charge in [-0.05, 0) is 38.5 Å². The van der Waals surface area contributed by atoms with E-state index in [1.54, 1.807) is 11.0 Å². The van der Waals surface area contributed by atoms with Crippen molar-refractivity contribution in [2.24, 2.45) is 11.8 Å². The molecule has 2 rings (SSSR count). The molecule has 0 bridgehead atoms. The summed E-state index contributed by atoms with van der Waals surface area (Å²) in [6, 6.07) is 5.75. The molecule has 1 aliphatic rings. The molecule has 1 saturated carbocycles. The van der Waals surface area contributed by atoms with Gasteiger partial charge in [0.25, 0.3) is 0 Å². The summed E-state index contributed by atoms with van der Waals surface area (Å²) in [6.07, 6.45) is 0.580. The van der Waals surface area contributed by atoms with E-state index >= 15 is 0 Å². The van der Waals surface area contributed by atoms with E-state index in [4.69, 9.17) is 0 Å². The Morgan fingerprint density at radius 2 is 2.00 bits per heavy atom. The quantitative estimate of drug-likeness (QED) is 0.898. The maximum absolute atomic E-state index is 13.0. The van der Waals surface area contributed by atoms with Crippen LogP contribution in [0.3, 0.4) is 0 Å². The van der Waals surface area contributed by atoms with Gasteiger partial charge in [-0.25, -0.2) is 4.39 Å². The first kappa shape index (κ1) is 14.5. The molecule has 0 aliphatic heterocycles. The topological polar surface area (TPSA) is 49.4 Å². The number of amides is 2. The first-order valence-electron chi connectivity index (χ1n) is 6.92. The molecule has 5 heteroatoms. The van der Waals surface area contributed by atoms with Crippen molar-refractivity contribution in [3.63, 3.8) is 0 Å². The number of nitrogens with one attached hydrogen (secondary N) is 1. The van der Waals surface area contributed by atoms with Crippen LogP contribution >= 0.6 is 0 Å². The smallest absolute Gasteiger partial charge is 0.228 e. The second-order valence-corrected chi connectivity index (χ2v) is 4.96. The maximum Gasteiger partial charge on any atom is 0.228 e. The van der Waals surface area contributed by atoms with Crippen molar-refractivity contribution in [2.45, 2.75) is 20.3 Å². The van der Waals surface area contributed by atoms with E-state index in [-0.39, 0.29) is 23.7 Å². The highest BCUT2D eigenvalue weighted by Crippen LogP contribution is 2.40. The summed E-state index contributed by atoms with van der Waals surface area (Å²) in [5.41, 5.74) is 0.427. The highest BCUT2D eigenvalue weighted by atomic mass is 19.1. The predicted molar refractivity (Wildman–Crippen MR) is 74.6 cm³/mol. The van der Waals surface area contributed by atoms with Gasteiger partial charge in [0.15, 0.2) is 0 Å². The fourth-order valence-electron chi connectivity index (χ4n) is 2.33. The number of halogens is 1. The predicted octanol–water partition coefficient (Wildman–Crippen LogP) is 2.27. The lowest BCUT2D eigenvalue weighted by molar-refractivity contribution is -0.133. The number of nitrogens with zero attached hydrogens (tertiary/aromatic N) is 1. The van der Waals surface area contributed by atoms with Crippen LogP contribution in [0.15, 0.2) is 24.3 Å². The Morgan fingerprint density at radius 1 is 1.30 bits per heavy atom. The van der Waals surface area contributed by atoms with Crippen molar-refractivity contribution < 1.29 is 14.0 Å². The first-order valence-corrected chi connectivity index (χ1v) is 6.92. The van der Waals surface area contributed by atoms with Crippen LogP contribution in [0.4, 0.5) is 10.1 Å². The van der Waals surface area contributed by atoms with Gasteiger partial charge < -0.3 is 10.2 Å². The Balaban J connectivity index is 1.91. The molecule has 1 aromatic carbocycles. The van der Waals surface area contributed by atoms with Crippen LogP contribution < -0.4 is 5.32 Å². The molecule has 4 nitrogen and oxygen atoms in total. The number of hydrogen-bond acceptors (Lipinski definition) is 2. The molecule has 0 spiro atoms. The summed E-state index contributed by atoms with van der Waals surface area (Å²) in [5.74, 6) is -1.07. The van der Waals surface area contributed by atoms with Gasteiger partial charge in [-0.3, -0.25) is 9.59 Å². The highest BCUT2D eigenvalue weighted by Gasteiger charge is 2.49. The van der Waals surface area contributed by atoms with E-state index in [9.17, 15) is 14.0 Å². The Hall–Kier alpha value is -1.91. The molecule has 2 atom stereocenters. The zero-order valence-electron chi connectivity index (χ0n) is 11.7. The largest absolute Gasteiger partial charge is 0.343 e. The fourth-order valence-corrected chi connectivity index (χ4v) is 2.33. The van der Waals surface area contributed by atoms with Crippen molar-refractivity contribution >= 4 is 17.5 Å². The Bertz CT molecular complexity index is 514. The van der Waals surface area contributed by atoms with E-state index < -0.39 is 5.82 Å². The lowest BCUT2D eigenvalue weighted by atomic mass is 10.2. The maximum atomic E-state index is 13.0. The van der Waals surface area contributed by atoms with E-state index in [1.807, 2.05) is 13.8 Å². The van der Waals surface area contributed by atoms with Gasteiger partial charge in [-0.1, -0.05) is 6.07 Å². The molecule has 1 fully saturated rings. The summed E-state index contributed by atoms with van der Waals surface area (Å²) in [5, 5.41) is 2.65. The second kappa shape index (κ2) is 6.03. The molecule has 0 heterocycles. The lowest BCUT2D eigenvalue weighted by Crippen LogP contribution is -2.33. The summed E-state index contributed by atoms with van der Waals surface area (Å²) in [6.45, 7) is 5.16. The summed E-state index contributed by atoms with van der Waals surface area (Å²) in [7, 11) is 0. The van der Waals surface area contributed by atoms with Gasteiger partial charge in [0.1, 0.15) is 5.82 Å². The van der Waals surface area contributed by atoms with Crippen molar-refractivity contribution in [3.8, 4) is 0 Å². The third-order valence-electron chi connectivity index (χ3n) is 3.61. The first-order chi connectivity index (χ1) is 9.56. The van der Waals surface area contributed by atoms with Gasteiger partial charge in [0.05, 0.1) is 11.8 Å². The average Bonchev–Trinajstić information content (AvgIpc) is 3.20. The SMILES string of the molecule is CCN(CC)C(=O)C1CC1C(=O)Nc1cccc(F)c1. The summed E-state index contributed by atoms with van der Waals surface area (Å²) < 4.78 is 13.0. The third-order valence-corrected chi connectivity index (χ3v) is 3.61. The third kappa shape index (κ3) is 3.15. The highest BCUT2D eigenvalue weighted by molar-refractivity contribution is 5.99. The minimum Gasteiger partial charge on any atom is -0.343 e. The van der Waals surface area contributed by atoms with Gasteiger partial charge >= 0.3 is 0 Å². The lowest BCUT2D eigenvalue weighted by Gasteiger charge is -2.18. The van der Waals surface area contributed by atoms with Crippen molar-refractivity contribution in [3.05, 3.63) is 30.1 Å². The monoisotopic (exact) mass is 278 g/mol. The fraction of sp³-hybridized carbons (Fsp3) is 0.467. The average molecular weight is 278 g/mol. The van der Waals surface area contributed by atoms with Crippen LogP contribution in [0.1, 0.15) is 20.3 Å². The number of anilines is 1.